The van der Waals surface area contributed by atoms with Gasteiger partial charge in [-0.25, -0.2) is 0 Å². The van der Waals surface area contributed by atoms with Crippen LogP contribution in [0.15, 0.2) is 24.3 Å². The number of nitrogens with one attached hydrogen (secondary N) is 2. The van der Waals surface area contributed by atoms with Crippen LogP contribution in [0.25, 0.3) is 22.6 Å². The Morgan fingerprint density at radius 2 is 1.79 bits per heavy atom. The second-order valence-corrected chi connectivity index (χ2v) is 6.37. The zero-order valence-corrected chi connectivity index (χ0v) is 14.0. The average molecular weight is 323 g/mol. The van der Waals surface area contributed by atoms with E-state index in [0.717, 1.165) is 31.5 Å². The first kappa shape index (κ1) is 15.0. The van der Waals surface area contributed by atoms with Crippen LogP contribution in [0.5, 0.6) is 0 Å². The molecule has 0 amide bonds. The fourth-order valence-corrected chi connectivity index (χ4v) is 3.27. The molecule has 1 aliphatic rings. The van der Waals surface area contributed by atoms with Gasteiger partial charge in [0.25, 0.3) is 0 Å². The van der Waals surface area contributed by atoms with E-state index in [1.54, 1.807) is 0 Å². The van der Waals surface area contributed by atoms with Crippen molar-refractivity contribution in [1.29, 1.82) is 0 Å². The molecule has 7 nitrogen and oxygen atoms in total. The highest BCUT2D eigenvalue weighted by atomic mass is 15.5. The number of tetrazole rings is 1. The van der Waals surface area contributed by atoms with Crippen molar-refractivity contribution in [1.82, 2.24) is 35.7 Å². The van der Waals surface area contributed by atoms with Crippen molar-refractivity contribution in [2.45, 2.75) is 32.7 Å². The molecule has 7 heteroatoms. The van der Waals surface area contributed by atoms with Crippen LogP contribution in [0.1, 0.15) is 31.1 Å². The Morgan fingerprint density at radius 1 is 1.04 bits per heavy atom. The van der Waals surface area contributed by atoms with Gasteiger partial charge < -0.3 is 5.32 Å². The van der Waals surface area contributed by atoms with E-state index in [9.17, 15) is 0 Å². The van der Waals surface area contributed by atoms with Crippen LogP contribution < -0.4 is 5.32 Å². The van der Waals surface area contributed by atoms with Crippen LogP contribution in [-0.4, -0.2) is 43.5 Å². The van der Waals surface area contributed by atoms with Gasteiger partial charge in [0, 0.05) is 35.7 Å². The molecule has 3 heterocycles. The number of hydrogen-bond acceptors (Lipinski definition) is 5. The van der Waals surface area contributed by atoms with Crippen molar-refractivity contribution < 1.29 is 0 Å². The summed E-state index contributed by atoms with van der Waals surface area (Å²) in [7, 11) is 0. The van der Waals surface area contributed by atoms with Gasteiger partial charge in [-0.1, -0.05) is 24.3 Å². The Morgan fingerprint density at radius 3 is 2.50 bits per heavy atom. The highest BCUT2D eigenvalue weighted by Crippen LogP contribution is 2.31. The molecular formula is C17H21N7. The molecule has 2 aromatic heterocycles. The Bertz CT molecular complexity index is 816. The monoisotopic (exact) mass is 323 g/mol. The van der Waals surface area contributed by atoms with Crippen LogP contribution in [0.3, 0.4) is 0 Å². The van der Waals surface area contributed by atoms with Gasteiger partial charge in [-0.15, -0.1) is 10.2 Å². The number of nitrogens with zero attached hydrogens (tertiary/aromatic N) is 5. The van der Waals surface area contributed by atoms with Crippen molar-refractivity contribution in [2.75, 3.05) is 13.1 Å². The van der Waals surface area contributed by atoms with Gasteiger partial charge >= 0.3 is 0 Å². The standard InChI is InChI=1S/C17H21N7/c1-11(2)24-16(14-7-9-18-10-8-15(14)21-24)12-3-5-13(6-4-12)17-19-22-23-20-17/h3-6,11,18H,7-10H2,1-2H3,(H,19,20,22,23). The second-order valence-electron chi connectivity index (χ2n) is 6.37. The van der Waals surface area contributed by atoms with Gasteiger partial charge in [0.1, 0.15) is 0 Å². The van der Waals surface area contributed by atoms with E-state index in [-0.39, 0.29) is 0 Å². The molecule has 0 saturated carbocycles. The smallest absolute Gasteiger partial charge is 0.204 e. The maximum absolute atomic E-state index is 4.90. The molecule has 0 spiro atoms. The molecule has 0 aliphatic carbocycles. The fourth-order valence-electron chi connectivity index (χ4n) is 3.27. The average Bonchev–Trinajstić information content (AvgIpc) is 3.18. The number of benzene rings is 1. The topological polar surface area (TPSA) is 84.3 Å². The minimum Gasteiger partial charge on any atom is -0.316 e. The molecule has 3 aromatic rings. The van der Waals surface area contributed by atoms with E-state index in [1.807, 2.05) is 12.1 Å². The first-order valence-electron chi connectivity index (χ1n) is 8.39. The Balaban J connectivity index is 1.79. The van der Waals surface area contributed by atoms with Crippen molar-refractivity contribution in [2.24, 2.45) is 0 Å². The lowest BCUT2D eigenvalue weighted by Crippen LogP contribution is -2.17. The van der Waals surface area contributed by atoms with Crippen LogP contribution >= 0.6 is 0 Å². The maximum atomic E-state index is 4.90. The number of H-pyrrole nitrogens is 1. The van der Waals surface area contributed by atoms with Gasteiger partial charge in [-0.3, -0.25) is 4.68 Å². The van der Waals surface area contributed by atoms with Crippen molar-refractivity contribution >= 4 is 0 Å². The van der Waals surface area contributed by atoms with Gasteiger partial charge in [0.05, 0.1) is 11.4 Å². The molecule has 1 aromatic carbocycles. The molecule has 124 valence electrons. The second kappa shape index (κ2) is 6.16. The lowest BCUT2D eigenvalue weighted by atomic mass is 10.0. The fraction of sp³-hybridized carbons (Fsp3) is 0.412. The van der Waals surface area contributed by atoms with Crippen LogP contribution in [0, 0.1) is 0 Å². The van der Waals surface area contributed by atoms with Crippen LogP contribution in [0.2, 0.25) is 0 Å². The summed E-state index contributed by atoms with van der Waals surface area (Å²) in [6.07, 6.45) is 2.01. The van der Waals surface area contributed by atoms with E-state index < -0.39 is 0 Å². The third-order valence-corrected chi connectivity index (χ3v) is 4.43. The van der Waals surface area contributed by atoms with Crippen molar-refractivity contribution in [3.63, 3.8) is 0 Å². The predicted octanol–water partition coefficient (Wildman–Crippen LogP) is 2.00. The predicted molar refractivity (Wildman–Crippen MR) is 91.5 cm³/mol. The zero-order valence-electron chi connectivity index (χ0n) is 14.0. The Hall–Kier alpha value is -2.54. The molecule has 4 rings (SSSR count). The first-order valence-corrected chi connectivity index (χ1v) is 8.39. The Kier molecular flexibility index (Phi) is 3.86. The van der Waals surface area contributed by atoms with E-state index in [2.05, 4.69) is 56.6 Å². The SMILES string of the molecule is CC(C)n1nc2c(c1-c1ccc(-c3nn[nH]n3)cc1)CCNCC2. The molecule has 2 N–H and O–H groups in total. The van der Waals surface area contributed by atoms with Gasteiger partial charge in [-0.05, 0) is 32.0 Å². The summed E-state index contributed by atoms with van der Waals surface area (Å²) in [5.74, 6) is 0.613. The number of aromatic amines is 1. The molecule has 1 aliphatic heterocycles. The molecule has 0 radical (unpaired) electrons. The zero-order chi connectivity index (χ0) is 16.5. The molecule has 0 bridgehead atoms. The molecular weight excluding hydrogens is 302 g/mol. The third-order valence-electron chi connectivity index (χ3n) is 4.43. The molecule has 0 fully saturated rings. The number of fused-ring (bicyclic) bond motifs is 1. The normalized spacial score (nSPS) is 14.6. The number of rotatable bonds is 3. The lowest BCUT2D eigenvalue weighted by molar-refractivity contribution is 0.529. The van der Waals surface area contributed by atoms with Crippen LogP contribution in [0.4, 0.5) is 0 Å². The molecule has 0 atom stereocenters. The summed E-state index contributed by atoms with van der Waals surface area (Å²) >= 11 is 0. The van der Waals surface area contributed by atoms with Gasteiger partial charge in [-0.2, -0.15) is 10.3 Å². The Labute approximate surface area is 140 Å². The van der Waals surface area contributed by atoms with Crippen molar-refractivity contribution in [3.8, 4) is 22.6 Å². The molecule has 0 saturated heterocycles. The lowest BCUT2D eigenvalue weighted by Gasteiger charge is -2.13. The molecule has 0 unspecified atom stereocenters. The minimum absolute atomic E-state index is 0.330. The summed E-state index contributed by atoms with van der Waals surface area (Å²) in [4.78, 5) is 0. The number of aromatic nitrogens is 6. The highest BCUT2D eigenvalue weighted by molar-refractivity contribution is 5.68. The third kappa shape index (κ3) is 2.60. The van der Waals surface area contributed by atoms with Gasteiger partial charge in [0.15, 0.2) is 0 Å². The largest absolute Gasteiger partial charge is 0.316 e. The van der Waals surface area contributed by atoms with E-state index in [4.69, 9.17) is 5.10 Å². The highest BCUT2D eigenvalue weighted by Gasteiger charge is 2.22. The summed E-state index contributed by atoms with van der Waals surface area (Å²) in [6, 6.07) is 8.66. The van der Waals surface area contributed by atoms with E-state index in [0.29, 0.717) is 11.9 Å². The first-order chi connectivity index (χ1) is 11.7. The van der Waals surface area contributed by atoms with Crippen molar-refractivity contribution in [3.05, 3.63) is 35.5 Å². The summed E-state index contributed by atoms with van der Waals surface area (Å²) in [5.41, 5.74) is 5.98. The van der Waals surface area contributed by atoms with Crippen LogP contribution in [-0.2, 0) is 12.8 Å². The van der Waals surface area contributed by atoms with E-state index >= 15 is 0 Å². The van der Waals surface area contributed by atoms with E-state index in [1.165, 1.54) is 22.5 Å². The minimum atomic E-state index is 0.330. The quantitative estimate of drug-likeness (QED) is 0.770. The summed E-state index contributed by atoms with van der Waals surface area (Å²) in [6.45, 7) is 6.37. The van der Waals surface area contributed by atoms with Gasteiger partial charge in [0.2, 0.25) is 5.82 Å². The number of hydrogen-bond donors (Lipinski definition) is 2. The summed E-state index contributed by atoms with van der Waals surface area (Å²) in [5, 5.41) is 22.5. The summed E-state index contributed by atoms with van der Waals surface area (Å²) < 4.78 is 2.17. The maximum Gasteiger partial charge on any atom is 0.204 e. The molecule has 24 heavy (non-hydrogen) atoms.